The van der Waals surface area contributed by atoms with E-state index in [-0.39, 0.29) is 47.4 Å². The van der Waals surface area contributed by atoms with E-state index in [4.69, 9.17) is 15.6 Å². The van der Waals surface area contributed by atoms with Gasteiger partial charge in [0.05, 0.1) is 6.04 Å². The van der Waals surface area contributed by atoms with Crippen LogP contribution in [0.2, 0.25) is 0 Å². The summed E-state index contributed by atoms with van der Waals surface area (Å²) < 4.78 is 31.5. The molecule has 0 radical (unpaired) electrons. The van der Waals surface area contributed by atoms with Crippen molar-refractivity contribution in [2.75, 3.05) is 7.05 Å². The van der Waals surface area contributed by atoms with Crippen LogP contribution >= 0.6 is 0 Å². The van der Waals surface area contributed by atoms with Crippen LogP contribution in [0.4, 0.5) is 13.2 Å². The zero-order valence-corrected chi connectivity index (χ0v) is 12.1. The number of carbonyl (C=O) groups excluding carboxylic acids is 2. The van der Waals surface area contributed by atoms with Crippen molar-refractivity contribution in [3.8, 4) is 0 Å². The average Bonchev–Trinajstić information content (AvgIpc) is 2.14. The van der Waals surface area contributed by atoms with Crippen LogP contribution in [0.5, 0.6) is 0 Å². The first kappa shape index (κ1) is 21.9. The maximum atomic E-state index is 10.7. The summed E-state index contributed by atoms with van der Waals surface area (Å²) in [6.07, 6.45) is -5.19. The third-order valence-corrected chi connectivity index (χ3v) is 1.50. The molecule has 0 spiro atoms. The van der Waals surface area contributed by atoms with Crippen LogP contribution in [0.25, 0.3) is 0 Å². The largest absolute Gasteiger partial charge is 1.00 e. The normalized spacial score (nSPS) is 11.8. The monoisotopic (exact) mass is 266 g/mol. The summed E-state index contributed by atoms with van der Waals surface area (Å²) in [6.45, 7) is 3.83. The average molecular weight is 266 g/mol. The summed E-state index contributed by atoms with van der Waals surface area (Å²) in [5.74, 6) is -2.89. The first-order chi connectivity index (χ1) is 7.03. The molecular weight excluding hydrogens is 252 g/mol. The number of rotatable bonds is 2. The smallest absolute Gasteiger partial charge is 0.542 e. The molecule has 3 N–H and O–H groups in total. The third kappa shape index (κ3) is 11.9. The number of alkyl halides is 3. The van der Waals surface area contributed by atoms with Crippen LogP contribution < -0.4 is 45.7 Å². The van der Waals surface area contributed by atoms with Gasteiger partial charge in [0.1, 0.15) is 5.97 Å². The second-order valence-electron chi connectivity index (χ2n) is 3.17. The van der Waals surface area contributed by atoms with E-state index >= 15 is 0 Å². The van der Waals surface area contributed by atoms with Crippen molar-refractivity contribution >= 4 is 11.9 Å². The van der Waals surface area contributed by atoms with E-state index < -0.39 is 12.1 Å². The summed E-state index contributed by atoms with van der Waals surface area (Å²) in [5, 5.41) is 11.3. The summed E-state index contributed by atoms with van der Waals surface area (Å²) in [7, 11) is 1.59. The molecule has 0 saturated heterocycles. The molecule has 9 heteroatoms. The van der Waals surface area contributed by atoms with Gasteiger partial charge >= 0.3 is 35.7 Å². The van der Waals surface area contributed by atoms with Crippen molar-refractivity contribution in [1.29, 1.82) is 0 Å². The second-order valence-corrected chi connectivity index (χ2v) is 3.17. The Morgan fingerprint density at radius 3 is 1.65 bits per heavy atom. The third-order valence-electron chi connectivity index (χ3n) is 1.50. The summed E-state index contributed by atoms with van der Waals surface area (Å²) in [4.78, 5) is 19.5. The molecule has 17 heavy (non-hydrogen) atoms. The van der Waals surface area contributed by atoms with Gasteiger partial charge in [0.2, 0.25) is 5.91 Å². The first-order valence-electron chi connectivity index (χ1n) is 4.29. The number of carboxylic acids is 1. The van der Waals surface area contributed by atoms with Crippen molar-refractivity contribution in [3.63, 3.8) is 0 Å². The van der Waals surface area contributed by atoms with E-state index in [1.807, 2.05) is 13.8 Å². The molecule has 0 rings (SSSR count). The van der Waals surface area contributed by atoms with Crippen LogP contribution in [0.15, 0.2) is 0 Å². The molecule has 0 fully saturated rings. The molecule has 5 nitrogen and oxygen atoms in total. The van der Waals surface area contributed by atoms with E-state index in [9.17, 15) is 18.0 Å². The Hall–Kier alpha value is -0.310. The van der Waals surface area contributed by atoms with Gasteiger partial charge in [-0.05, 0) is 5.92 Å². The van der Waals surface area contributed by atoms with Crippen LogP contribution in [0, 0.1) is 5.92 Å². The second kappa shape index (κ2) is 9.69. The van der Waals surface area contributed by atoms with Gasteiger partial charge in [-0.2, -0.15) is 13.2 Å². The number of hydrogen-bond donors (Lipinski definition) is 2. The molecule has 96 valence electrons. The number of nitrogens with two attached hydrogens (primary N) is 1. The Morgan fingerprint density at radius 2 is 1.59 bits per heavy atom. The fraction of sp³-hybridized carbons (Fsp3) is 0.750. The Kier molecular flexibility index (Phi) is 12.5. The Labute approximate surface area is 119 Å². The number of likely N-dealkylation sites (N-methyl/N-ethyl adjacent to an activating group) is 1. The molecule has 0 aromatic carbocycles. The zero-order valence-electron chi connectivity index (χ0n) is 10.1. The maximum Gasteiger partial charge on any atom is 1.00 e. The molecule has 0 aromatic heterocycles. The summed E-state index contributed by atoms with van der Waals surface area (Å²) >= 11 is 0. The van der Waals surface area contributed by atoms with E-state index in [0.717, 1.165) is 0 Å². The molecule has 0 aliphatic carbocycles. The number of carboxylic acid groups (broad SMARTS) is 1. The van der Waals surface area contributed by atoms with Gasteiger partial charge in [0.25, 0.3) is 0 Å². The number of halogens is 3. The maximum absolute atomic E-state index is 10.7. The minimum Gasteiger partial charge on any atom is -0.542 e. The SMILES string of the molecule is CNC(=O)C(N)C(C)C.O=C([O-])C(F)(F)F.[Na+]. The minimum atomic E-state index is -5.19. The Morgan fingerprint density at radius 1 is 1.29 bits per heavy atom. The standard InChI is InChI=1S/C6H14N2O.C2HF3O2.Na/c1-4(2)5(7)6(9)8-3;3-2(4,5)1(6)7;/h4-5H,7H2,1-3H3,(H,8,9);(H,6,7);/q;;+1/p-1. The Bertz CT molecular complexity index is 247. The summed E-state index contributed by atoms with van der Waals surface area (Å²) in [5.41, 5.74) is 5.46. The van der Waals surface area contributed by atoms with Crippen molar-refractivity contribution < 1.29 is 57.4 Å². The predicted molar refractivity (Wildman–Crippen MR) is 47.9 cm³/mol. The van der Waals surface area contributed by atoms with Crippen LogP contribution in [0.1, 0.15) is 13.8 Å². The summed E-state index contributed by atoms with van der Waals surface area (Å²) in [6, 6.07) is -0.366. The van der Waals surface area contributed by atoms with E-state index in [1.54, 1.807) is 7.05 Å². The zero-order chi connectivity index (χ0) is 13.5. The predicted octanol–water partition coefficient (Wildman–Crippen LogP) is -3.98. The number of aliphatic carboxylic acids is 1. The minimum absolute atomic E-state index is 0. The fourth-order valence-corrected chi connectivity index (χ4v) is 0.469. The van der Waals surface area contributed by atoms with Crippen molar-refractivity contribution in [2.45, 2.75) is 26.1 Å². The fourth-order valence-electron chi connectivity index (χ4n) is 0.469. The number of amides is 1. The van der Waals surface area contributed by atoms with Gasteiger partial charge < -0.3 is 21.0 Å². The molecule has 0 aromatic rings. The molecule has 0 aliphatic rings. The first-order valence-corrected chi connectivity index (χ1v) is 4.29. The van der Waals surface area contributed by atoms with Crippen molar-refractivity contribution in [1.82, 2.24) is 5.32 Å². The topological polar surface area (TPSA) is 95.2 Å². The molecule has 1 unspecified atom stereocenters. The van der Waals surface area contributed by atoms with Crippen molar-refractivity contribution in [3.05, 3.63) is 0 Å². The number of nitrogens with one attached hydrogen (secondary N) is 1. The van der Waals surface area contributed by atoms with Gasteiger partial charge in [-0.3, -0.25) is 4.79 Å². The van der Waals surface area contributed by atoms with Gasteiger partial charge in [0, 0.05) is 7.05 Å². The van der Waals surface area contributed by atoms with Gasteiger partial charge in [0.15, 0.2) is 0 Å². The molecule has 0 bridgehead atoms. The van der Waals surface area contributed by atoms with Crippen molar-refractivity contribution in [2.24, 2.45) is 11.7 Å². The molecular formula is C8H14F3N2NaO3. The van der Waals surface area contributed by atoms with Gasteiger partial charge in [-0.25, -0.2) is 0 Å². The van der Waals surface area contributed by atoms with E-state index in [2.05, 4.69) is 5.32 Å². The van der Waals surface area contributed by atoms with E-state index in [1.165, 1.54) is 0 Å². The van der Waals surface area contributed by atoms with Gasteiger partial charge in [-0.15, -0.1) is 0 Å². The quantitative estimate of drug-likeness (QED) is 0.498. The van der Waals surface area contributed by atoms with Gasteiger partial charge in [-0.1, -0.05) is 13.8 Å². The molecule has 1 atom stereocenters. The molecule has 0 saturated carbocycles. The van der Waals surface area contributed by atoms with E-state index in [0.29, 0.717) is 0 Å². The number of hydrogen-bond acceptors (Lipinski definition) is 4. The number of carbonyl (C=O) groups is 2. The molecule has 0 aliphatic heterocycles. The van der Waals surface area contributed by atoms with Crippen LogP contribution in [-0.2, 0) is 9.59 Å². The van der Waals surface area contributed by atoms with Crippen LogP contribution in [-0.4, -0.2) is 31.1 Å². The molecule has 0 heterocycles. The Balaban J connectivity index is -0.000000224. The van der Waals surface area contributed by atoms with Crippen LogP contribution in [0.3, 0.4) is 0 Å². The molecule has 1 amide bonds.